The van der Waals surface area contributed by atoms with Crippen molar-refractivity contribution in [2.75, 3.05) is 18.0 Å². The Morgan fingerprint density at radius 3 is 2.63 bits per heavy atom. The number of rotatable bonds is 3. The highest BCUT2D eigenvalue weighted by Gasteiger charge is 2.47. The Kier molecular flexibility index (Phi) is 4.93. The molecule has 0 saturated carbocycles. The lowest BCUT2D eigenvalue weighted by atomic mass is 9.73. The summed E-state index contributed by atoms with van der Waals surface area (Å²) in [6.07, 6.45) is 3.54. The average molecular weight is 479 g/mol. The second kappa shape index (κ2) is 7.81. The number of fused-ring (bicyclic) bond motifs is 2. The van der Waals surface area contributed by atoms with Crippen molar-refractivity contribution in [3.05, 3.63) is 58.9 Å². The average Bonchev–Trinajstić information content (AvgIpc) is 3.51. The summed E-state index contributed by atoms with van der Waals surface area (Å²) in [5, 5.41) is 8.63. The summed E-state index contributed by atoms with van der Waals surface area (Å²) < 4.78 is 30.8. The van der Waals surface area contributed by atoms with E-state index in [4.69, 9.17) is 10.7 Å². The van der Waals surface area contributed by atoms with Gasteiger partial charge < -0.3 is 10.6 Å². The predicted molar refractivity (Wildman–Crippen MR) is 128 cm³/mol. The van der Waals surface area contributed by atoms with E-state index in [0.29, 0.717) is 17.0 Å². The molecule has 4 aromatic rings. The number of hydrogen-bond acceptors (Lipinski definition) is 6. The number of hydrogen-bond donors (Lipinski definition) is 1. The number of pyridine rings is 1. The number of halogens is 2. The van der Waals surface area contributed by atoms with Crippen LogP contribution in [0.4, 0.5) is 14.6 Å². The van der Waals surface area contributed by atoms with Gasteiger partial charge in [0.15, 0.2) is 5.82 Å². The molecule has 1 spiro atoms. The number of anilines is 1. The second-order valence-corrected chi connectivity index (χ2v) is 9.85. The molecule has 6 rings (SSSR count). The van der Waals surface area contributed by atoms with Gasteiger partial charge in [-0.1, -0.05) is 6.07 Å². The normalized spacial score (nSPS) is 19.3. The number of alkyl halides is 2. The summed E-state index contributed by atoms with van der Waals surface area (Å²) in [6.45, 7) is 5.32. The van der Waals surface area contributed by atoms with Crippen LogP contribution in [0.25, 0.3) is 16.8 Å². The molecule has 1 aliphatic heterocycles. The standard InChI is InChI=1S/C25H28F2N8/c1-14-21(17-13-30-33(3)15(17)2)35-20(11-18(32-35)23(26)27)24(31-14)34-9-6-25(7-10-34)12-19-16(22(25)28)5-4-8-29-19/h4-5,8,11,13,22-23H,6-7,9-10,12,28H2,1-3H3/t22-/m1/s1. The molecule has 8 nitrogen and oxygen atoms in total. The summed E-state index contributed by atoms with van der Waals surface area (Å²) in [7, 11) is 1.85. The molecule has 1 aliphatic carbocycles. The van der Waals surface area contributed by atoms with E-state index in [1.54, 1.807) is 15.4 Å². The van der Waals surface area contributed by atoms with Crippen molar-refractivity contribution in [2.45, 2.75) is 45.6 Å². The van der Waals surface area contributed by atoms with Gasteiger partial charge in [0.1, 0.15) is 11.2 Å². The van der Waals surface area contributed by atoms with Crippen molar-refractivity contribution in [3.8, 4) is 11.3 Å². The van der Waals surface area contributed by atoms with Gasteiger partial charge in [-0.05, 0) is 56.2 Å². The maximum Gasteiger partial charge on any atom is 0.282 e. The van der Waals surface area contributed by atoms with Crippen LogP contribution in [0, 0.1) is 19.3 Å². The number of aryl methyl sites for hydroxylation is 2. The van der Waals surface area contributed by atoms with Gasteiger partial charge in [0.05, 0.1) is 17.6 Å². The third-order valence-corrected chi connectivity index (χ3v) is 8.00. The fourth-order valence-electron chi connectivity index (χ4n) is 5.84. The van der Waals surface area contributed by atoms with E-state index in [1.165, 1.54) is 6.07 Å². The van der Waals surface area contributed by atoms with E-state index < -0.39 is 6.43 Å². The van der Waals surface area contributed by atoms with Gasteiger partial charge in [-0.2, -0.15) is 10.2 Å². The molecule has 0 aromatic carbocycles. The molecule has 2 N–H and O–H groups in total. The van der Waals surface area contributed by atoms with Crippen molar-refractivity contribution >= 4 is 11.3 Å². The summed E-state index contributed by atoms with van der Waals surface area (Å²) in [4.78, 5) is 11.7. The highest BCUT2D eigenvalue weighted by Crippen LogP contribution is 2.50. The van der Waals surface area contributed by atoms with Crippen molar-refractivity contribution in [2.24, 2.45) is 18.2 Å². The first-order valence-corrected chi connectivity index (χ1v) is 11.9. The number of piperidine rings is 1. The Bertz CT molecular complexity index is 1430. The lowest BCUT2D eigenvalue weighted by Crippen LogP contribution is -2.44. The van der Waals surface area contributed by atoms with E-state index in [1.807, 2.05) is 33.2 Å². The maximum absolute atomic E-state index is 13.7. The van der Waals surface area contributed by atoms with E-state index in [2.05, 4.69) is 26.1 Å². The molecule has 0 unspecified atom stereocenters. The second-order valence-electron chi connectivity index (χ2n) is 9.85. The molecule has 0 amide bonds. The predicted octanol–water partition coefficient (Wildman–Crippen LogP) is 3.92. The third-order valence-electron chi connectivity index (χ3n) is 8.00. The van der Waals surface area contributed by atoms with Gasteiger partial charge in [-0.25, -0.2) is 18.3 Å². The highest BCUT2D eigenvalue weighted by atomic mass is 19.3. The smallest absolute Gasteiger partial charge is 0.282 e. The lowest BCUT2D eigenvalue weighted by Gasteiger charge is -2.42. The molecule has 1 fully saturated rings. The van der Waals surface area contributed by atoms with Crippen LogP contribution in [-0.4, -0.2) is 42.5 Å². The van der Waals surface area contributed by atoms with E-state index in [9.17, 15) is 8.78 Å². The zero-order valence-electron chi connectivity index (χ0n) is 20.0. The molecule has 0 bridgehead atoms. The Labute approximate surface area is 201 Å². The largest absolute Gasteiger partial charge is 0.355 e. The van der Waals surface area contributed by atoms with Crippen LogP contribution in [0.3, 0.4) is 0 Å². The molecular formula is C25H28F2N8. The fourth-order valence-corrected chi connectivity index (χ4v) is 5.84. The van der Waals surface area contributed by atoms with Crippen LogP contribution in [0.2, 0.25) is 0 Å². The zero-order valence-corrected chi connectivity index (χ0v) is 20.0. The fraction of sp³-hybridized carbons (Fsp3) is 0.440. The topological polar surface area (TPSA) is 90.2 Å². The number of aromatic nitrogens is 6. The van der Waals surface area contributed by atoms with E-state index in [0.717, 1.165) is 60.6 Å². The van der Waals surface area contributed by atoms with Crippen LogP contribution >= 0.6 is 0 Å². The number of nitrogens with zero attached hydrogens (tertiary/aromatic N) is 7. The Hall–Kier alpha value is -3.40. The molecule has 1 saturated heterocycles. The minimum atomic E-state index is -2.67. The Morgan fingerprint density at radius 2 is 1.97 bits per heavy atom. The van der Waals surface area contributed by atoms with Crippen molar-refractivity contribution in [1.82, 2.24) is 29.4 Å². The molecular weight excluding hydrogens is 450 g/mol. The lowest BCUT2D eigenvalue weighted by molar-refractivity contribution is 0.145. The zero-order chi connectivity index (χ0) is 24.5. The first-order chi connectivity index (χ1) is 16.8. The highest BCUT2D eigenvalue weighted by molar-refractivity contribution is 5.76. The van der Waals surface area contributed by atoms with Crippen LogP contribution in [0.15, 0.2) is 30.6 Å². The molecule has 1 atom stereocenters. The van der Waals surface area contributed by atoms with Gasteiger partial charge in [-0.3, -0.25) is 9.67 Å². The first-order valence-electron chi connectivity index (χ1n) is 11.9. The summed E-state index contributed by atoms with van der Waals surface area (Å²) >= 11 is 0. The molecule has 0 radical (unpaired) electrons. The quantitative estimate of drug-likeness (QED) is 0.480. The van der Waals surface area contributed by atoms with E-state index in [-0.39, 0.29) is 17.2 Å². The molecule has 35 heavy (non-hydrogen) atoms. The summed E-state index contributed by atoms with van der Waals surface area (Å²) in [5.41, 5.74) is 12.4. The SMILES string of the molecule is Cc1nc(N2CCC3(CC2)Cc2ncccc2[C@H]3N)c2cc(C(F)F)nn2c1-c1cnn(C)c1C. The van der Waals surface area contributed by atoms with Gasteiger partial charge >= 0.3 is 0 Å². The summed E-state index contributed by atoms with van der Waals surface area (Å²) in [5.74, 6) is 0.684. The minimum absolute atomic E-state index is 0.0281. The summed E-state index contributed by atoms with van der Waals surface area (Å²) in [6, 6.07) is 5.45. The van der Waals surface area contributed by atoms with Crippen molar-refractivity contribution < 1.29 is 8.78 Å². The number of nitrogens with two attached hydrogens (primary N) is 1. The molecule has 2 aliphatic rings. The van der Waals surface area contributed by atoms with Gasteiger partial charge in [0.25, 0.3) is 6.43 Å². The van der Waals surface area contributed by atoms with Crippen molar-refractivity contribution in [3.63, 3.8) is 0 Å². The van der Waals surface area contributed by atoms with Crippen LogP contribution < -0.4 is 10.6 Å². The van der Waals surface area contributed by atoms with Crippen LogP contribution in [-0.2, 0) is 13.5 Å². The molecule has 5 heterocycles. The van der Waals surface area contributed by atoms with Crippen LogP contribution in [0.5, 0.6) is 0 Å². The van der Waals surface area contributed by atoms with Crippen LogP contribution in [0.1, 0.15) is 53.6 Å². The first kappa shape index (κ1) is 22.1. The Morgan fingerprint density at radius 1 is 1.20 bits per heavy atom. The third kappa shape index (κ3) is 3.26. The minimum Gasteiger partial charge on any atom is -0.355 e. The monoisotopic (exact) mass is 478 g/mol. The van der Waals surface area contributed by atoms with E-state index >= 15 is 0 Å². The van der Waals surface area contributed by atoms with Crippen molar-refractivity contribution in [1.29, 1.82) is 0 Å². The van der Waals surface area contributed by atoms with Gasteiger partial charge in [-0.15, -0.1) is 0 Å². The van der Waals surface area contributed by atoms with Gasteiger partial charge in [0.2, 0.25) is 0 Å². The Balaban J connectivity index is 1.39. The molecule has 10 heteroatoms. The van der Waals surface area contributed by atoms with Gasteiger partial charge in [0, 0.05) is 49.3 Å². The maximum atomic E-state index is 13.7. The molecule has 4 aromatic heterocycles. The molecule has 182 valence electrons.